The molecule has 0 bridgehead atoms. The van der Waals surface area contributed by atoms with Crippen molar-refractivity contribution < 1.29 is 9.15 Å². The topological polar surface area (TPSA) is 66.0 Å². The van der Waals surface area contributed by atoms with E-state index in [0.29, 0.717) is 17.5 Å². The lowest BCUT2D eigenvalue weighted by Crippen LogP contribution is -2.15. The second-order valence-electron chi connectivity index (χ2n) is 13.1. The van der Waals surface area contributed by atoms with Crippen LogP contribution in [0, 0.1) is 0 Å². The molecule has 9 aromatic rings. The van der Waals surface area contributed by atoms with E-state index in [0.717, 1.165) is 61.1 Å². The van der Waals surface area contributed by atoms with Crippen molar-refractivity contribution in [1.82, 2.24) is 19.5 Å². The summed E-state index contributed by atoms with van der Waals surface area (Å²) in [5.41, 5.74) is 8.67. The highest BCUT2D eigenvalue weighted by Gasteiger charge is 2.32. The van der Waals surface area contributed by atoms with Crippen molar-refractivity contribution in [2.24, 2.45) is 0 Å². The second-order valence-corrected chi connectivity index (χ2v) is 13.1. The summed E-state index contributed by atoms with van der Waals surface area (Å²) in [6, 6.07) is 45.9. The summed E-state index contributed by atoms with van der Waals surface area (Å²) >= 11 is 0. The average Bonchev–Trinajstić information content (AvgIpc) is 3.87. The highest BCUT2D eigenvalue weighted by molar-refractivity contribution is 6.15. The van der Waals surface area contributed by atoms with E-state index in [2.05, 4.69) is 114 Å². The molecular weight excluding hydrogens is 629 g/mol. The van der Waals surface area contributed by atoms with Gasteiger partial charge in [-0.15, -0.1) is 0 Å². The zero-order chi connectivity index (χ0) is 33.5. The molecule has 0 fully saturated rings. The van der Waals surface area contributed by atoms with Crippen LogP contribution in [0.4, 0.5) is 0 Å². The molecule has 51 heavy (non-hydrogen) atoms. The minimum absolute atomic E-state index is 0.00781. The first kappa shape index (κ1) is 28.1. The summed E-state index contributed by atoms with van der Waals surface area (Å²) in [5, 5.41) is 4.37. The normalized spacial score (nSPS) is 16.2. The molecule has 1 aliphatic carbocycles. The predicted molar refractivity (Wildman–Crippen MR) is 203 cm³/mol. The van der Waals surface area contributed by atoms with Crippen molar-refractivity contribution in [3.8, 4) is 45.6 Å². The van der Waals surface area contributed by atoms with Gasteiger partial charge in [-0.3, -0.25) is 0 Å². The Kier molecular flexibility index (Phi) is 5.98. The fraction of sp³-hybridized carbons (Fsp3) is 0.0444. The van der Waals surface area contributed by atoms with Crippen LogP contribution in [-0.2, 0) is 0 Å². The summed E-state index contributed by atoms with van der Waals surface area (Å²) in [6.45, 7) is 0. The Balaban J connectivity index is 1.13. The minimum atomic E-state index is 0.00781. The molecule has 6 heteroatoms. The van der Waals surface area contributed by atoms with Crippen LogP contribution in [0.5, 0.6) is 5.75 Å². The Bertz CT molecular complexity index is 2860. The molecule has 0 N–H and O–H groups in total. The number of para-hydroxylation sites is 3. The SMILES string of the molecule is C1=CC2Oc3cc(-c4nc(-c5ccccc5)nc(-c5cccc6oc7c(-n8c9ccccc9c9ccccc98)cccc7c56)n4)ccc3C2C=C1. The number of hydrogen-bond donors (Lipinski definition) is 0. The fourth-order valence-electron chi connectivity index (χ4n) is 7.90. The number of rotatable bonds is 4. The van der Waals surface area contributed by atoms with Crippen LogP contribution in [-0.4, -0.2) is 25.6 Å². The van der Waals surface area contributed by atoms with E-state index in [1.165, 1.54) is 16.3 Å². The molecule has 6 nitrogen and oxygen atoms in total. The predicted octanol–water partition coefficient (Wildman–Crippen LogP) is 10.8. The van der Waals surface area contributed by atoms with Crippen molar-refractivity contribution >= 4 is 43.7 Å². The van der Waals surface area contributed by atoms with Gasteiger partial charge in [-0.05, 0) is 36.4 Å². The maximum Gasteiger partial charge on any atom is 0.164 e. The first-order valence-electron chi connectivity index (χ1n) is 17.2. The summed E-state index contributed by atoms with van der Waals surface area (Å²) in [4.78, 5) is 15.3. The molecule has 0 spiro atoms. The van der Waals surface area contributed by atoms with Crippen molar-refractivity contribution in [2.45, 2.75) is 12.0 Å². The van der Waals surface area contributed by atoms with Crippen LogP contribution < -0.4 is 4.74 Å². The lowest BCUT2D eigenvalue weighted by Gasteiger charge is -2.13. The van der Waals surface area contributed by atoms with Crippen molar-refractivity contribution in [1.29, 1.82) is 0 Å². The molecule has 2 atom stereocenters. The molecule has 6 aromatic carbocycles. The molecule has 0 radical (unpaired) electrons. The number of ether oxygens (including phenoxy) is 1. The van der Waals surface area contributed by atoms with E-state index in [9.17, 15) is 0 Å². The summed E-state index contributed by atoms with van der Waals surface area (Å²) in [7, 11) is 0. The van der Waals surface area contributed by atoms with Gasteiger partial charge >= 0.3 is 0 Å². The monoisotopic (exact) mass is 656 g/mol. The number of hydrogen-bond acceptors (Lipinski definition) is 5. The van der Waals surface area contributed by atoms with Crippen LogP contribution in [0.25, 0.3) is 83.6 Å². The molecular formula is C45H28N4O2. The molecule has 240 valence electrons. The van der Waals surface area contributed by atoms with Gasteiger partial charge < -0.3 is 13.7 Å². The molecule has 2 unspecified atom stereocenters. The highest BCUT2D eigenvalue weighted by atomic mass is 16.5. The maximum atomic E-state index is 6.77. The lowest BCUT2D eigenvalue weighted by molar-refractivity contribution is 0.269. The van der Waals surface area contributed by atoms with E-state index in [4.69, 9.17) is 24.1 Å². The number of aromatic nitrogens is 4. The first-order chi connectivity index (χ1) is 25.3. The van der Waals surface area contributed by atoms with E-state index in [-0.39, 0.29) is 12.0 Å². The van der Waals surface area contributed by atoms with Gasteiger partial charge in [0.15, 0.2) is 23.1 Å². The number of fused-ring (bicyclic) bond motifs is 9. The van der Waals surface area contributed by atoms with Gasteiger partial charge in [0.2, 0.25) is 0 Å². The van der Waals surface area contributed by atoms with Crippen molar-refractivity contribution in [3.05, 3.63) is 163 Å². The Morgan fingerprint density at radius 1 is 0.549 bits per heavy atom. The molecule has 11 rings (SSSR count). The van der Waals surface area contributed by atoms with Crippen LogP contribution >= 0.6 is 0 Å². The van der Waals surface area contributed by atoms with Gasteiger partial charge in [-0.25, -0.2) is 15.0 Å². The van der Waals surface area contributed by atoms with Gasteiger partial charge in [-0.2, -0.15) is 0 Å². The molecule has 4 heterocycles. The molecule has 2 aliphatic rings. The fourth-order valence-corrected chi connectivity index (χ4v) is 7.90. The highest BCUT2D eigenvalue weighted by Crippen LogP contribution is 2.44. The lowest BCUT2D eigenvalue weighted by atomic mass is 9.91. The third-order valence-electron chi connectivity index (χ3n) is 10.2. The zero-order valence-corrected chi connectivity index (χ0v) is 27.3. The molecule has 3 aromatic heterocycles. The Morgan fingerprint density at radius 2 is 1.24 bits per heavy atom. The number of allylic oxidation sites excluding steroid dienone is 2. The quantitative estimate of drug-likeness (QED) is 0.189. The molecule has 0 amide bonds. The van der Waals surface area contributed by atoms with Crippen molar-refractivity contribution in [3.63, 3.8) is 0 Å². The second kappa shape index (κ2) is 10.9. The van der Waals surface area contributed by atoms with Gasteiger partial charge in [0.05, 0.1) is 16.7 Å². The third-order valence-corrected chi connectivity index (χ3v) is 10.2. The first-order valence-corrected chi connectivity index (χ1v) is 17.2. The van der Waals surface area contributed by atoms with Gasteiger partial charge in [0, 0.05) is 49.7 Å². The standard InChI is InChI=1S/C45H28N4O2/c1-2-12-27(13-3-1)43-46-44(28-24-25-32-31-16-6-9-22-38(31)50-40(32)26-28)48-45(47-43)34-18-11-23-39-41(34)33-17-10-21-37(42(33)51-39)49-35-19-7-4-14-29(35)30-15-5-8-20-36(30)49/h1-26,31,38H. The van der Waals surface area contributed by atoms with Crippen LogP contribution in [0.1, 0.15) is 11.5 Å². The van der Waals surface area contributed by atoms with Crippen LogP contribution in [0.3, 0.4) is 0 Å². The smallest absolute Gasteiger partial charge is 0.164 e. The number of nitrogens with zero attached hydrogens (tertiary/aromatic N) is 4. The van der Waals surface area contributed by atoms with Gasteiger partial charge in [0.1, 0.15) is 17.4 Å². The van der Waals surface area contributed by atoms with Gasteiger partial charge in [0.25, 0.3) is 0 Å². The van der Waals surface area contributed by atoms with E-state index in [1.807, 2.05) is 48.5 Å². The molecule has 1 aliphatic heterocycles. The van der Waals surface area contributed by atoms with Crippen LogP contribution in [0.15, 0.2) is 162 Å². The third kappa shape index (κ3) is 4.26. The summed E-state index contributed by atoms with van der Waals surface area (Å²) < 4.78 is 15.5. The molecule has 0 saturated heterocycles. The Morgan fingerprint density at radius 3 is 2.06 bits per heavy atom. The number of benzene rings is 6. The van der Waals surface area contributed by atoms with E-state index >= 15 is 0 Å². The Labute approximate surface area is 292 Å². The van der Waals surface area contributed by atoms with Crippen molar-refractivity contribution in [2.75, 3.05) is 0 Å². The average molecular weight is 657 g/mol. The van der Waals surface area contributed by atoms with E-state index in [1.54, 1.807) is 0 Å². The summed E-state index contributed by atoms with van der Waals surface area (Å²) in [6.07, 6.45) is 8.46. The summed E-state index contributed by atoms with van der Waals surface area (Å²) in [5.74, 6) is 2.85. The number of furan rings is 1. The zero-order valence-electron chi connectivity index (χ0n) is 27.3. The molecule has 0 saturated carbocycles. The van der Waals surface area contributed by atoms with E-state index < -0.39 is 0 Å². The minimum Gasteiger partial charge on any atom is -0.485 e. The maximum absolute atomic E-state index is 6.77. The van der Waals surface area contributed by atoms with Gasteiger partial charge in [-0.1, -0.05) is 121 Å². The Hall–Kier alpha value is -6.79. The van der Waals surface area contributed by atoms with Crippen LogP contribution in [0.2, 0.25) is 0 Å². The largest absolute Gasteiger partial charge is 0.485 e.